The van der Waals surface area contributed by atoms with E-state index in [2.05, 4.69) is 75.4 Å². The molecule has 0 atom stereocenters. The first-order chi connectivity index (χ1) is 33.9. The highest BCUT2D eigenvalue weighted by Crippen LogP contribution is 2.46. The molecule has 2 aromatic heterocycles. The van der Waals surface area contributed by atoms with Crippen LogP contribution in [0.15, 0.2) is 170 Å². The Morgan fingerprint density at radius 3 is 1.94 bits per heavy atom. The second-order valence-corrected chi connectivity index (χ2v) is 18.8. The molecule has 1 N–H and O–H groups in total. The van der Waals surface area contributed by atoms with Crippen LogP contribution in [0.1, 0.15) is 94.5 Å². The zero-order chi connectivity index (χ0) is 51.9. The average Bonchev–Trinajstić information content (AvgIpc) is 3.73. The molecular formula is C60H57N3O. The van der Waals surface area contributed by atoms with Gasteiger partial charge in [-0.25, -0.2) is 4.98 Å². The lowest BCUT2D eigenvalue weighted by atomic mass is 9.79. The molecule has 0 aliphatic heterocycles. The smallest absolute Gasteiger partial charge is 0.149 e. The van der Waals surface area contributed by atoms with Crippen LogP contribution in [-0.4, -0.2) is 19.6 Å². The molecule has 318 valence electrons. The molecule has 0 bridgehead atoms. The van der Waals surface area contributed by atoms with E-state index < -0.39 is 35.6 Å². The van der Waals surface area contributed by atoms with Gasteiger partial charge in [-0.2, -0.15) is 0 Å². The van der Waals surface area contributed by atoms with Crippen molar-refractivity contribution in [1.82, 2.24) is 14.5 Å². The van der Waals surface area contributed by atoms with Gasteiger partial charge in [-0.3, -0.25) is 9.55 Å². The van der Waals surface area contributed by atoms with E-state index >= 15 is 0 Å². The van der Waals surface area contributed by atoms with Gasteiger partial charge in [0.2, 0.25) is 0 Å². The Bertz CT molecular complexity index is 3590. The first-order valence-corrected chi connectivity index (χ1v) is 21.7. The van der Waals surface area contributed by atoms with Gasteiger partial charge >= 0.3 is 0 Å². The van der Waals surface area contributed by atoms with Crippen molar-refractivity contribution in [2.24, 2.45) is 0 Å². The Hall–Kier alpha value is -7.04. The van der Waals surface area contributed by atoms with Crippen molar-refractivity contribution in [3.63, 3.8) is 0 Å². The van der Waals surface area contributed by atoms with E-state index in [9.17, 15) is 6.48 Å². The number of hydrogen-bond donors (Lipinski definition) is 1. The molecule has 0 aliphatic carbocycles. The summed E-state index contributed by atoms with van der Waals surface area (Å²) in [5, 5.41) is 12.6. The minimum Gasteiger partial charge on any atom is -0.507 e. The lowest BCUT2D eigenvalue weighted by Crippen LogP contribution is -2.17. The molecule has 4 heteroatoms. The SMILES string of the molecule is [2H]c1nc(-c2cc(-c3ccccc3)cc(-c3cccc4c3nc(-c3cc(C(C)(C)C)cc(C(C)(C)C)c3O)n4-c3ccc(C([2H])(C)C)cc3-c3ccccc3)c2)c([2H])c(-c2c([2H])c([2H])c(C)c([2H])c2[2H])c1[2H]. The number of nitrogens with zero attached hydrogens (tertiary/aromatic N) is 3. The molecule has 0 saturated carbocycles. The monoisotopic (exact) mass is 844 g/mol. The second-order valence-electron chi connectivity index (χ2n) is 18.8. The van der Waals surface area contributed by atoms with Crippen LogP contribution in [0.4, 0.5) is 0 Å². The highest BCUT2D eigenvalue weighted by molar-refractivity contribution is 5.98. The number of para-hydroxylation sites is 1. The van der Waals surface area contributed by atoms with Crippen LogP contribution in [-0.2, 0) is 10.8 Å². The average molecular weight is 844 g/mol. The van der Waals surface area contributed by atoms with Crippen LogP contribution in [0.5, 0.6) is 5.75 Å². The van der Waals surface area contributed by atoms with E-state index in [1.165, 1.54) is 6.92 Å². The molecule has 9 rings (SSSR count). The van der Waals surface area contributed by atoms with Gasteiger partial charge in [-0.1, -0.05) is 170 Å². The predicted octanol–water partition coefficient (Wildman–Crippen LogP) is 16.2. The van der Waals surface area contributed by atoms with Gasteiger partial charge in [0.1, 0.15) is 11.6 Å². The zero-order valence-electron chi connectivity index (χ0n) is 45.9. The van der Waals surface area contributed by atoms with E-state index in [4.69, 9.17) is 14.6 Å². The molecule has 4 nitrogen and oxygen atoms in total. The van der Waals surface area contributed by atoms with E-state index in [1.807, 2.05) is 117 Å². The molecule has 0 radical (unpaired) electrons. The number of fused-ring (bicyclic) bond motifs is 1. The van der Waals surface area contributed by atoms with Gasteiger partial charge in [0.25, 0.3) is 0 Å². The molecule has 0 fully saturated rings. The number of phenols is 1. The van der Waals surface area contributed by atoms with Crippen molar-refractivity contribution in [3.8, 4) is 78.6 Å². The number of imidazole rings is 1. The Labute approximate surface area is 390 Å². The first kappa shape index (κ1) is 33.5. The van der Waals surface area contributed by atoms with Crippen LogP contribution in [0.25, 0.3) is 83.9 Å². The van der Waals surface area contributed by atoms with E-state index in [1.54, 1.807) is 0 Å². The third-order valence-corrected chi connectivity index (χ3v) is 11.8. The van der Waals surface area contributed by atoms with Crippen LogP contribution in [0.2, 0.25) is 0 Å². The summed E-state index contributed by atoms with van der Waals surface area (Å²) in [6.45, 7) is 18.0. The fraction of sp³-hybridized carbons (Fsp3) is 0.200. The van der Waals surface area contributed by atoms with Gasteiger partial charge in [-0.05, 0) is 123 Å². The topological polar surface area (TPSA) is 50.9 Å². The quantitative estimate of drug-likeness (QED) is 0.166. The fourth-order valence-corrected chi connectivity index (χ4v) is 8.25. The number of pyridine rings is 1. The summed E-state index contributed by atoms with van der Waals surface area (Å²) >= 11 is 0. The van der Waals surface area contributed by atoms with Crippen LogP contribution in [0, 0.1) is 6.92 Å². The number of hydrogen-bond acceptors (Lipinski definition) is 3. The molecule has 0 saturated heterocycles. The predicted molar refractivity (Wildman–Crippen MR) is 269 cm³/mol. The maximum atomic E-state index is 12.6. The number of rotatable bonds is 8. The molecule has 0 amide bonds. The molecule has 64 heavy (non-hydrogen) atoms. The summed E-state index contributed by atoms with van der Waals surface area (Å²) in [6, 6.07) is 39.6. The number of phenolic OH excluding ortho intramolecular Hbond substituents is 1. The van der Waals surface area contributed by atoms with Gasteiger partial charge in [0.15, 0.2) is 0 Å². The summed E-state index contributed by atoms with van der Waals surface area (Å²) < 4.78 is 73.7. The molecule has 9 aromatic rings. The maximum absolute atomic E-state index is 12.6. The second kappa shape index (κ2) is 16.6. The van der Waals surface area contributed by atoms with Gasteiger partial charge in [0, 0.05) is 29.8 Å². The van der Waals surface area contributed by atoms with E-state index in [-0.39, 0.29) is 51.7 Å². The standard InChI is InChI=1S/C60H57N3O/c1-38(2)43-27-28-54(50(34-43)42-19-14-11-15-20-42)63-55-22-16-21-49(56(55)62-58(63)51-36-48(59(4,5)6)37-52(57(51)64)60(7,8)9)46-31-45(40-17-12-10-13-18-40)32-47(33-46)53-35-44(29-30-61-53)41-25-23-39(3)24-26-41/h10-38,64H,1-9H3/i23D,24D,25D,26D,29D,30D,35D,38D. The Morgan fingerprint density at radius 1 is 0.594 bits per heavy atom. The minimum atomic E-state index is -0.907. The number of aromatic hydroxyl groups is 1. The van der Waals surface area contributed by atoms with Gasteiger partial charge < -0.3 is 5.11 Å². The summed E-state index contributed by atoms with van der Waals surface area (Å²) in [7, 11) is 0. The van der Waals surface area contributed by atoms with Gasteiger partial charge in [0.05, 0.1) is 37.6 Å². The van der Waals surface area contributed by atoms with Crippen molar-refractivity contribution < 1.29 is 16.1 Å². The van der Waals surface area contributed by atoms with Crippen LogP contribution >= 0.6 is 0 Å². The van der Waals surface area contributed by atoms with E-state index in [0.29, 0.717) is 33.6 Å². The van der Waals surface area contributed by atoms with Crippen molar-refractivity contribution in [2.75, 3.05) is 0 Å². The molecule has 2 heterocycles. The Kier molecular flexibility index (Phi) is 8.68. The molecule has 0 aliphatic rings. The van der Waals surface area contributed by atoms with Crippen molar-refractivity contribution in [2.45, 2.75) is 79.0 Å². The summed E-state index contributed by atoms with van der Waals surface area (Å²) in [5.41, 5.74) is 9.58. The summed E-state index contributed by atoms with van der Waals surface area (Å²) in [5.74, 6) is -0.282. The van der Waals surface area contributed by atoms with E-state index in [0.717, 1.165) is 50.1 Å². The molecule has 0 spiro atoms. The highest BCUT2D eigenvalue weighted by atomic mass is 16.3. The molecular weight excluding hydrogens is 779 g/mol. The van der Waals surface area contributed by atoms with Crippen molar-refractivity contribution in [1.29, 1.82) is 0 Å². The van der Waals surface area contributed by atoms with Gasteiger partial charge in [-0.15, -0.1) is 0 Å². The third-order valence-electron chi connectivity index (χ3n) is 11.8. The number of benzene rings is 7. The molecule has 0 unspecified atom stereocenters. The number of aromatic nitrogens is 3. The van der Waals surface area contributed by atoms with Crippen LogP contribution in [0.3, 0.4) is 0 Å². The largest absolute Gasteiger partial charge is 0.507 e. The summed E-state index contributed by atoms with van der Waals surface area (Å²) in [6.07, 6.45) is -0.480. The Balaban J connectivity index is 1.40. The first-order valence-electron chi connectivity index (χ1n) is 25.7. The summed E-state index contributed by atoms with van der Waals surface area (Å²) in [4.78, 5) is 10.1. The minimum absolute atomic E-state index is 0.0319. The lowest BCUT2D eigenvalue weighted by Gasteiger charge is -2.27. The molecule has 7 aromatic carbocycles. The van der Waals surface area contributed by atoms with Crippen LogP contribution < -0.4 is 0 Å². The fourth-order valence-electron chi connectivity index (χ4n) is 8.25. The highest BCUT2D eigenvalue weighted by Gasteiger charge is 2.29. The van der Waals surface area contributed by atoms with Crippen molar-refractivity contribution >= 4 is 11.0 Å². The zero-order valence-corrected chi connectivity index (χ0v) is 37.9. The van der Waals surface area contributed by atoms with Crippen molar-refractivity contribution in [3.05, 3.63) is 192 Å². The normalized spacial score (nSPS) is 14.0. The lowest BCUT2D eigenvalue weighted by molar-refractivity contribution is 0.446. The third kappa shape index (κ3) is 8.17. The Morgan fingerprint density at radius 2 is 1.27 bits per heavy atom. The maximum Gasteiger partial charge on any atom is 0.149 e.